The second-order valence-electron chi connectivity index (χ2n) is 5.93. The summed E-state index contributed by atoms with van der Waals surface area (Å²) in [6.45, 7) is 7.76. The molecule has 0 aromatic carbocycles. The van der Waals surface area contributed by atoms with E-state index in [0.717, 1.165) is 0 Å². The molecule has 0 aliphatic rings. The first-order chi connectivity index (χ1) is 8.02. The van der Waals surface area contributed by atoms with E-state index in [1.807, 2.05) is 20.8 Å². The quantitative estimate of drug-likeness (QED) is 0.711. The molecule has 0 spiro atoms. The van der Waals surface area contributed by atoms with E-state index >= 15 is 0 Å². The van der Waals surface area contributed by atoms with Crippen LogP contribution >= 0.6 is 0 Å². The van der Waals surface area contributed by atoms with Crippen molar-refractivity contribution in [2.24, 2.45) is 5.41 Å². The van der Waals surface area contributed by atoms with Crippen molar-refractivity contribution in [2.45, 2.75) is 59.4 Å². The highest BCUT2D eigenvalue weighted by Gasteiger charge is 2.19. The van der Waals surface area contributed by atoms with Crippen LogP contribution in [0.4, 0.5) is 0 Å². The molecule has 0 saturated heterocycles. The lowest BCUT2D eigenvalue weighted by Gasteiger charge is -2.19. The standard InChI is InChI=1S/C12H25NO4S/c1-10(6-5-7-11(14)15)13-18(16,17)9-8-12(2,3)4/h10,13H,5-9H2,1-4H3,(H,14,15). The number of hydrogen-bond acceptors (Lipinski definition) is 3. The monoisotopic (exact) mass is 279 g/mol. The zero-order valence-corrected chi connectivity index (χ0v) is 12.5. The molecule has 0 aliphatic carbocycles. The Morgan fingerprint density at radius 3 is 2.33 bits per heavy atom. The summed E-state index contributed by atoms with van der Waals surface area (Å²) < 4.78 is 26.1. The molecule has 108 valence electrons. The van der Waals surface area contributed by atoms with Crippen LogP contribution in [0.3, 0.4) is 0 Å². The molecule has 1 unspecified atom stereocenters. The Balaban J connectivity index is 4.04. The Morgan fingerprint density at radius 1 is 1.33 bits per heavy atom. The normalized spacial score (nSPS) is 14.4. The van der Waals surface area contributed by atoms with E-state index in [-0.39, 0.29) is 23.6 Å². The van der Waals surface area contributed by atoms with E-state index < -0.39 is 16.0 Å². The number of nitrogens with one attached hydrogen (secondary N) is 1. The number of hydrogen-bond donors (Lipinski definition) is 2. The third-order valence-electron chi connectivity index (χ3n) is 2.53. The molecule has 0 saturated carbocycles. The Morgan fingerprint density at radius 2 is 1.89 bits per heavy atom. The summed E-state index contributed by atoms with van der Waals surface area (Å²) in [5.74, 6) is -0.738. The van der Waals surface area contributed by atoms with Gasteiger partial charge in [0.2, 0.25) is 10.0 Å². The van der Waals surface area contributed by atoms with E-state index in [4.69, 9.17) is 5.11 Å². The van der Waals surface area contributed by atoms with Crippen LogP contribution in [-0.2, 0) is 14.8 Å². The largest absolute Gasteiger partial charge is 0.481 e. The molecule has 0 fully saturated rings. The van der Waals surface area contributed by atoms with Crippen LogP contribution < -0.4 is 4.72 Å². The van der Waals surface area contributed by atoms with Gasteiger partial charge in [0.25, 0.3) is 0 Å². The van der Waals surface area contributed by atoms with Gasteiger partial charge in [-0.3, -0.25) is 4.79 Å². The summed E-state index contributed by atoms with van der Waals surface area (Å²) in [7, 11) is -3.26. The molecule has 0 radical (unpaired) electrons. The first-order valence-electron chi connectivity index (χ1n) is 6.24. The Labute approximate surface area is 110 Å². The molecule has 0 aromatic heterocycles. The van der Waals surface area contributed by atoms with Gasteiger partial charge in [0.05, 0.1) is 5.75 Å². The molecule has 2 N–H and O–H groups in total. The van der Waals surface area contributed by atoms with Crippen molar-refractivity contribution < 1.29 is 18.3 Å². The van der Waals surface area contributed by atoms with Crippen LogP contribution in [-0.4, -0.2) is 31.3 Å². The Bertz CT molecular complexity index is 357. The van der Waals surface area contributed by atoms with Crippen molar-refractivity contribution >= 4 is 16.0 Å². The second kappa shape index (κ2) is 7.09. The molecule has 6 heteroatoms. The minimum absolute atomic E-state index is 0.0126. The number of sulfonamides is 1. The third kappa shape index (κ3) is 10.5. The van der Waals surface area contributed by atoms with Crippen molar-refractivity contribution in [2.75, 3.05) is 5.75 Å². The Kier molecular flexibility index (Phi) is 6.84. The van der Waals surface area contributed by atoms with Crippen molar-refractivity contribution in [1.29, 1.82) is 0 Å². The van der Waals surface area contributed by atoms with Gasteiger partial charge in [0.15, 0.2) is 0 Å². The molecule has 0 bridgehead atoms. The number of rotatable bonds is 8. The molecular weight excluding hydrogens is 254 g/mol. The van der Waals surface area contributed by atoms with Crippen molar-refractivity contribution in [3.05, 3.63) is 0 Å². The van der Waals surface area contributed by atoms with E-state index in [1.165, 1.54) is 0 Å². The summed E-state index contributed by atoms with van der Waals surface area (Å²) in [6.07, 6.45) is 1.71. The zero-order chi connectivity index (χ0) is 14.4. The van der Waals surface area contributed by atoms with E-state index in [0.29, 0.717) is 19.3 Å². The number of carboxylic acids is 1. The maximum atomic E-state index is 11.8. The summed E-state index contributed by atoms with van der Waals surface area (Å²) in [5, 5.41) is 8.49. The van der Waals surface area contributed by atoms with Gasteiger partial charge < -0.3 is 5.11 Å². The van der Waals surface area contributed by atoms with Gasteiger partial charge in [-0.1, -0.05) is 20.8 Å². The van der Waals surface area contributed by atoms with Crippen LogP contribution in [0.25, 0.3) is 0 Å². The highest BCUT2D eigenvalue weighted by molar-refractivity contribution is 7.89. The number of carbonyl (C=O) groups is 1. The molecule has 1 atom stereocenters. The van der Waals surface area contributed by atoms with Crippen molar-refractivity contribution in [3.8, 4) is 0 Å². The number of carboxylic acid groups (broad SMARTS) is 1. The average molecular weight is 279 g/mol. The maximum absolute atomic E-state index is 11.8. The van der Waals surface area contributed by atoms with Crippen LogP contribution in [0.15, 0.2) is 0 Å². The molecule has 0 amide bonds. The molecule has 5 nitrogen and oxygen atoms in total. The molecular formula is C12H25NO4S. The van der Waals surface area contributed by atoms with E-state index in [9.17, 15) is 13.2 Å². The summed E-state index contributed by atoms with van der Waals surface area (Å²) >= 11 is 0. The zero-order valence-electron chi connectivity index (χ0n) is 11.7. The molecule has 0 rings (SSSR count). The van der Waals surface area contributed by atoms with Gasteiger partial charge in [-0.05, 0) is 31.6 Å². The van der Waals surface area contributed by atoms with Gasteiger partial charge in [0, 0.05) is 12.5 Å². The summed E-state index contributed by atoms with van der Waals surface area (Å²) in [5.41, 5.74) is -0.0126. The fraction of sp³-hybridized carbons (Fsp3) is 0.917. The van der Waals surface area contributed by atoms with Crippen LogP contribution in [0, 0.1) is 5.41 Å². The van der Waals surface area contributed by atoms with E-state index in [2.05, 4.69) is 4.72 Å². The van der Waals surface area contributed by atoms with Crippen LogP contribution in [0.1, 0.15) is 53.4 Å². The fourth-order valence-electron chi connectivity index (χ4n) is 1.42. The average Bonchev–Trinajstić information content (AvgIpc) is 2.12. The minimum atomic E-state index is -3.26. The van der Waals surface area contributed by atoms with Crippen LogP contribution in [0.2, 0.25) is 0 Å². The lowest BCUT2D eigenvalue weighted by molar-refractivity contribution is -0.137. The smallest absolute Gasteiger partial charge is 0.303 e. The first kappa shape index (κ1) is 17.4. The lowest BCUT2D eigenvalue weighted by atomic mass is 9.94. The van der Waals surface area contributed by atoms with Gasteiger partial charge in [-0.25, -0.2) is 13.1 Å². The minimum Gasteiger partial charge on any atom is -0.481 e. The summed E-state index contributed by atoms with van der Waals surface area (Å²) in [4.78, 5) is 10.3. The molecule has 0 aromatic rings. The third-order valence-corrected chi connectivity index (χ3v) is 4.03. The fourth-order valence-corrected chi connectivity index (χ4v) is 3.15. The SMILES string of the molecule is CC(CCCC(=O)O)NS(=O)(=O)CCC(C)(C)C. The number of aliphatic carboxylic acids is 1. The Hall–Kier alpha value is -0.620. The predicted octanol–water partition coefficient (Wildman–Crippen LogP) is 1.99. The molecule has 18 heavy (non-hydrogen) atoms. The highest BCUT2D eigenvalue weighted by atomic mass is 32.2. The van der Waals surface area contributed by atoms with Gasteiger partial charge >= 0.3 is 5.97 Å². The molecule has 0 heterocycles. The second-order valence-corrected chi connectivity index (χ2v) is 7.81. The maximum Gasteiger partial charge on any atom is 0.303 e. The predicted molar refractivity (Wildman–Crippen MR) is 71.9 cm³/mol. The highest BCUT2D eigenvalue weighted by Crippen LogP contribution is 2.19. The van der Waals surface area contributed by atoms with Crippen LogP contribution in [0.5, 0.6) is 0 Å². The van der Waals surface area contributed by atoms with E-state index in [1.54, 1.807) is 6.92 Å². The van der Waals surface area contributed by atoms with Crippen molar-refractivity contribution in [1.82, 2.24) is 4.72 Å². The van der Waals surface area contributed by atoms with Gasteiger partial charge in [0.1, 0.15) is 0 Å². The lowest BCUT2D eigenvalue weighted by Crippen LogP contribution is -2.35. The first-order valence-corrected chi connectivity index (χ1v) is 7.89. The van der Waals surface area contributed by atoms with Gasteiger partial charge in [-0.15, -0.1) is 0 Å². The summed E-state index contributed by atoms with van der Waals surface area (Å²) in [6, 6.07) is -0.214. The van der Waals surface area contributed by atoms with Crippen molar-refractivity contribution in [3.63, 3.8) is 0 Å². The molecule has 0 aliphatic heterocycles. The van der Waals surface area contributed by atoms with Gasteiger partial charge in [-0.2, -0.15) is 0 Å². The topological polar surface area (TPSA) is 83.5 Å².